The number of benzene rings is 1. The van der Waals surface area contributed by atoms with Gasteiger partial charge in [0.1, 0.15) is 11.4 Å². The Hall–Kier alpha value is -2.89. The van der Waals surface area contributed by atoms with Crippen LogP contribution in [0.25, 0.3) is 11.0 Å². The summed E-state index contributed by atoms with van der Waals surface area (Å²) in [6, 6.07) is 11.4. The van der Waals surface area contributed by atoms with Crippen molar-refractivity contribution < 1.29 is 4.79 Å². The highest BCUT2D eigenvalue weighted by atomic mass is 16.2. The van der Waals surface area contributed by atoms with Crippen LogP contribution < -0.4 is 10.9 Å². The Bertz CT molecular complexity index is 971. The molecule has 1 aliphatic carbocycles. The molecule has 6 heteroatoms. The monoisotopic (exact) mass is 350 g/mol. The molecule has 0 bridgehead atoms. The molecule has 2 aromatic heterocycles. The summed E-state index contributed by atoms with van der Waals surface area (Å²) in [6.45, 7) is 1.79. The van der Waals surface area contributed by atoms with Crippen molar-refractivity contribution in [1.82, 2.24) is 20.3 Å². The molecule has 134 valence electrons. The Labute approximate surface area is 151 Å². The predicted octanol–water partition coefficient (Wildman–Crippen LogP) is 3.02. The normalized spacial score (nSPS) is 20.2. The van der Waals surface area contributed by atoms with Gasteiger partial charge in [-0.15, -0.1) is 0 Å². The molecule has 1 fully saturated rings. The number of rotatable bonds is 3. The summed E-state index contributed by atoms with van der Waals surface area (Å²) in [5.41, 5.74) is 2.59. The van der Waals surface area contributed by atoms with Gasteiger partial charge in [-0.25, -0.2) is 4.98 Å². The van der Waals surface area contributed by atoms with Crippen molar-refractivity contribution >= 4 is 16.9 Å². The molecule has 1 aromatic carbocycles. The largest absolute Gasteiger partial charge is 0.349 e. The van der Waals surface area contributed by atoms with E-state index in [4.69, 9.17) is 4.98 Å². The van der Waals surface area contributed by atoms with Crippen LogP contribution in [0.4, 0.5) is 0 Å². The number of imidazole rings is 1. The lowest BCUT2D eigenvalue weighted by molar-refractivity contribution is 0.0923. The van der Waals surface area contributed by atoms with Gasteiger partial charge in [0.15, 0.2) is 0 Å². The van der Waals surface area contributed by atoms with E-state index in [1.54, 1.807) is 19.1 Å². The lowest BCUT2D eigenvalue weighted by Gasteiger charge is -2.28. The maximum atomic E-state index is 12.5. The third kappa shape index (κ3) is 3.27. The predicted molar refractivity (Wildman–Crippen MR) is 100 cm³/mol. The second kappa shape index (κ2) is 6.78. The van der Waals surface area contributed by atoms with Crippen molar-refractivity contribution in [3.05, 3.63) is 63.8 Å². The Morgan fingerprint density at radius 1 is 1.15 bits per heavy atom. The van der Waals surface area contributed by atoms with E-state index in [-0.39, 0.29) is 29.0 Å². The highest BCUT2D eigenvalue weighted by Crippen LogP contribution is 2.32. The Morgan fingerprint density at radius 2 is 2.00 bits per heavy atom. The van der Waals surface area contributed by atoms with Gasteiger partial charge in [0, 0.05) is 17.7 Å². The van der Waals surface area contributed by atoms with Crippen molar-refractivity contribution in [3.63, 3.8) is 0 Å². The minimum atomic E-state index is -0.341. The number of nitrogens with zero attached hydrogens (tertiary/aromatic N) is 1. The number of hydrogen-bond donors (Lipinski definition) is 3. The smallest absolute Gasteiger partial charge is 0.260 e. The highest BCUT2D eigenvalue weighted by molar-refractivity contribution is 5.94. The van der Waals surface area contributed by atoms with E-state index in [1.807, 2.05) is 24.3 Å². The number of aromatic nitrogens is 3. The van der Waals surface area contributed by atoms with Crippen LogP contribution >= 0.6 is 0 Å². The molecule has 3 aromatic rings. The number of aryl methyl sites for hydroxylation is 1. The SMILES string of the molecule is Cc1ccc(C(=O)NC2CCCC(c3nc4ccccc4[nH]3)C2)c(=O)[nH]1. The van der Waals surface area contributed by atoms with Crippen molar-refractivity contribution in [2.75, 3.05) is 0 Å². The second-order valence-electron chi connectivity index (χ2n) is 7.06. The number of para-hydroxylation sites is 2. The van der Waals surface area contributed by atoms with Crippen LogP contribution in [0.2, 0.25) is 0 Å². The molecule has 4 rings (SSSR count). The zero-order valence-corrected chi connectivity index (χ0v) is 14.7. The van der Waals surface area contributed by atoms with Gasteiger partial charge in [-0.05, 0) is 50.5 Å². The van der Waals surface area contributed by atoms with Crippen LogP contribution in [-0.4, -0.2) is 26.9 Å². The molecule has 2 heterocycles. The summed E-state index contributed by atoms with van der Waals surface area (Å²) in [5.74, 6) is 0.970. The van der Waals surface area contributed by atoms with Gasteiger partial charge in [0.2, 0.25) is 0 Å². The molecule has 26 heavy (non-hydrogen) atoms. The van der Waals surface area contributed by atoms with Crippen LogP contribution in [0.15, 0.2) is 41.2 Å². The van der Waals surface area contributed by atoms with E-state index in [2.05, 4.69) is 15.3 Å². The van der Waals surface area contributed by atoms with Gasteiger partial charge < -0.3 is 15.3 Å². The number of carbonyl (C=O) groups excluding carboxylic acids is 1. The van der Waals surface area contributed by atoms with Gasteiger partial charge in [0.25, 0.3) is 11.5 Å². The number of amides is 1. The molecular weight excluding hydrogens is 328 g/mol. The van der Waals surface area contributed by atoms with Gasteiger partial charge in [0.05, 0.1) is 11.0 Å². The first-order valence-electron chi connectivity index (χ1n) is 9.05. The van der Waals surface area contributed by atoms with Crippen molar-refractivity contribution in [1.29, 1.82) is 0 Å². The molecule has 1 aliphatic rings. The topological polar surface area (TPSA) is 90.6 Å². The van der Waals surface area contributed by atoms with E-state index in [0.29, 0.717) is 0 Å². The molecule has 2 atom stereocenters. The van der Waals surface area contributed by atoms with Gasteiger partial charge >= 0.3 is 0 Å². The fourth-order valence-electron chi connectivity index (χ4n) is 3.75. The summed E-state index contributed by atoms with van der Waals surface area (Å²) in [5, 5.41) is 3.03. The molecule has 1 saturated carbocycles. The number of H-pyrrole nitrogens is 2. The first-order valence-corrected chi connectivity index (χ1v) is 9.05. The molecular formula is C20H22N4O2. The number of fused-ring (bicyclic) bond motifs is 1. The summed E-state index contributed by atoms with van der Waals surface area (Å²) < 4.78 is 0. The quantitative estimate of drug-likeness (QED) is 0.678. The van der Waals surface area contributed by atoms with Crippen molar-refractivity contribution in [3.8, 4) is 0 Å². The summed E-state index contributed by atoms with van der Waals surface area (Å²) in [6.07, 6.45) is 3.83. The molecule has 1 amide bonds. The lowest BCUT2D eigenvalue weighted by atomic mass is 9.85. The number of pyridine rings is 1. The van der Waals surface area contributed by atoms with E-state index >= 15 is 0 Å². The van der Waals surface area contributed by atoms with Gasteiger partial charge in [-0.3, -0.25) is 9.59 Å². The summed E-state index contributed by atoms with van der Waals surface area (Å²) in [7, 11) is 0. The van der Waals surface area contributed by atoms with E-state index < -0.39 is 0 Å². The molecule has 2 unspecified atom stereocenters. The standard InChI is InChI=1S/C20H22N4O2/c1-12-9-10-15(19(25)21-12)20(26)22-14-6-4-5-13(11-14)18-23-16-7-2-3-8-17(16)24-18/h2-3,7-10,13-14H,4-6,11H2,1H3,(H,21,25)(H,22,26)(H,23,24). The first-order chi connectivity index (χ1) is 12.6. The van der Waals surface area contributed by atoms with Crippen LogP contribution in [0.3, 0.4) is 0 Å². The summed E-state index contributed by atoms with van der Waals surface area (Å²) in [4.78, 5) is 35.2. The van der Waals surface area contributed by atoms with E-state index in [9.17, 15) is 9.59 Å². The average molecular weight is 350 g/mol. The zero-order chi connectivity index (χ0) is 18.1. The number of nitrogens with one attached hydrogen (secondary N) is 3. The van der Waals surface area contributed by atoms with Crippen LogP contribution in [0, 0.1) is 6.92 Å². The first kappa shape index (κ1) is 16.6. The van der Waals surface area contributed by atoms with Crippen molar-refractivity contribution in [2.45, 2.75) is 44.6 Å². The molecule has 3 N–H and O–H groups in total. The zero-order valence-electron chi connectivity index (χ0n) is 14.7. The van der Waals surface area contributed by atoms with Crippen molar-refractivity contribution in [2.24, 2.45) is 0 Å². The second-order valence-corrected chi connectivity index (χ2v) is 7.06. The fourth-order valence-corrected chi connectivity index (χ4v) is 3.75. The number of carbonyl (C=O) groups is 1. The Morgan fingerprint density at radius 3 is 2.81 bits per heavy atom. The van der Waals surface area contributed by atoms with Gasteiger partial charge in [-0.1, -0.05) is 18.6 Å². The average Bonchev–Trinajstić information content (AvgIpc) is 3.06. The molecule has 6 nitrogen and oxygen atoms in total. The van der Waals surface area contributed by atoms with Crippen LogP contribution in [-0.2, 0) is 0 Å². The fraction of sp³-hybridized carbons (Fsp3) is 0.350. The lowest BCUT2D eigenvalue weighted by Crippen LogP contribution is -2.40. The number of hydrogen-bond acceptors (Lipinski definition) is 3. The van der Waals surface area contributed by atoms with E-state index in [0.717, 1.165) is 48.2 Å². The maximum absolute atomic E-state index is 12.5. The molecule has 0 saturated heterocycles. The minimum Gasteiger partial charge on any atom is -0.349 e. The minimum absolute atomic E-state index is 0.0511. The third-order valence-electron chi connectivity index (χ3n) is 5.10. The molecule has 0 radical (unpaired) electrons. The maximum Gasteiger partial charge on any atom is 0.260 e. The number of aromatic amines is 2. The molecule has 0 aliphatic heterocycles. The Kier molecular flexibility index (Phi) is 4.32. The Balaban J connectivity index is 1.48. The van der Waals surface area contributed by atoms with E-state index in [1.165, 1.54) is 0 Å². The third-order valence-corrected chi connectivity index (χ3v) is 5.10. The highest BCUT2D eigenvalue weighted by Gasteiger charge is 2.27. The summed E-state index contributed by atoms with van der Waals surface area (Å²) >= 11 is 0. The van der Waals surface area contributed by atoms with Crippen LogP contribution in [0.5, 0.6) is 0 Å². The molecule has 0 spiro atoms. The van der Waals surface area contributed by atoms with Crippen LogP contribution in [0.1, 0.15) is 53.5 Å². The van der Waals surface area contributed by atoms with Gasteiger partial charge in [-0.2, -0.15) is 0 Å².